The first-order chi connectivity index (χ1) is 11.8. The van der Waals surface area contributed by atoms with Gasteiger partial charge in [0.25, 0.3) is 0 Å². The van der Waals surface area contributed by atoms with Gasteiger partial charge in [0.15, 0.2) is 0 Å². The van der Waals surface area contributed by atoms with Crippen LogP contribution >= 0.6 is 0 Å². The maximum atomic E-state index is 12.7. The molecule has 4 rings (SSSR count). The number of halogens is 3. The van der Waals surface area contributed by atoms with Crippen LogP contribution in [0.5, 0.6) is 0 Å². The molecule has 3 aliphatic rings. The van der Waals surface area contributed by atoms with Crippen LogP contribution in [0.3, 0.4) is 0 Å². The van der Waals surface area contributed by atoms with E-state index in [9.17, 15) is 18.0 Å². The minimum atomic E-state index is -4.44. The fourth-order valence-electron chi connectivity index (χ4n) is 4.13. The third-order valence-electron chi connectivity index (χ3n) is 5.51. The van der Waals surface area contributed by atoms with E-state index in [4.69, 9.17) is 5.73 Å². The van der Waals surface area contributed by atoms with Crippen molar-refractivity contribution in [2.75, 3.05) is 18.0 Å². The highest BCUT2D eigenvalue weighted by atomic mass is 19.4. The van der Waals surface area contributed by atoms with E-state index < -0.39 is 11.7 Å². The lowest BCUT2D eigenvalue weighted by Gasteiger charge is -2.44. The van der Waals surface area contributed by atoms with Crippen molar-refractivity contribution in [1.82, 2.24) is 14.9 Å². The first kappa shape index (κ1) is 16.6. The second-order valence-electron chi connectivity index (χ2n) is 7.23. The maximum absolute atomic E-state index is 12.7. The summed E-state index contributed by atoms with van der Waals surface area (Å²) in [5, 5.41) is 0. The molecule has 1 amide bonds. The molecule has 1 aliphatic carbocycles. The lowest BCUT2D eigenvalue weighted by molar-refractivity contribution is -0.142. The van der Waals surface area contributed by atoms with Gasteiger partial charge in [0, 0.05) is 49.5 Å². The summed E-state index contributed by atoms with van der Waals surface area (Å²) in [6, 6.07) is 0.288. The lowest BCUT2D eigenvalue weighted by atomic mass is 9.79. The van der Waals surface area contributed by atoms with Gasteiger partial charge < -0.3 is 15.5 Å². The van der Waals surface area contributed by atoms with E-state index >= 15 is 0 Å². The Morgan fingerprint density at radius 3 is 2.16 bits per heavy atom. The molecular weight excluding hydrogens is 335 g/mol. The summed E-state index contributed by atoms with van der Waals surface area (Å²) in [7, 11) is 0. The number of hydrogen-bond donors (Lipinski definition) is 1. The van der Waals surface area contributed by atoms with E-state index in [0.717, 1.165) is 38.1 Å². The Balaban J connectivity index is 1.45. The summed E-state index contributed by atoms with van der Waals surface area (Å²) in [6.07, 6.45) is 0.515. The Morgan fingerprint density at radius 1 is 1.12 bits per heavy atom. The minimum Gasteiger partial charge on any atom is -0.337 e. The Kier molecular flexibility index (Phi) is 3.86. The highest BCUT2D eigenvalue weighted by molar-refractivity contribution is 5.81. The molecule has 0 radical (unpaired) electrons. The van der Waals surface area contributed by atoms with E-state index in [0.29, 0.717) is 19.0 Å². The third-order valence-corrected chi connectivity index (χ3v) is 5.51. The minimum absolute atomic E-state index is 0.0342. The number of fused-ring (bicyclic) bond motifs is 2. The molecule has 3 fully saturated rings. The SMILES string of the molecule is NC1CC(C(=O)N2[C@@H]3CC[C@@H]2CN(c2ncc(C(F)(F)F)cn2)C3)C1. The van der Waals surface area contributed by atoms with Crippen LogP contribution in [0.15, 0.2) is 12.4 Å². The van der Waals surface area contributed by atoms with E-state index in [2.05, 4.69) is 9.97 Å². The summed E-state index contributed by atoms with van der Waals surface area (Å²) in [5.41, 5.74) is 4.93. The molecule has 136 valence electrons. The van der Waals surface area contributed by atoms with Crippen LogP contribution in [-0.4, -0.2) is 52.0 Å². The van der Waals surface area contributed by atoms with E-state index in [1.54, 1.807) is 0 Å². The Hall–Kier alpha value is -1.90. The summed E-state index contributed by atoms with van der Waals surface area (Å²) in [4.78, 5) is 24.3. The smallest absolute Gasteiger partial charge is 0.337 e. The molecule has 1 aromatic heterocycles. The van der Waals surface area contributed by atoms with Gasteiger partial charge in [0.1, 0.15) is 0 Å². The number of anilines is 1. The highest BCUT2D eigenvalue weighted by Gasteiger charge is 2.46. The van der Waals surface area contributed by atoms with E-state index in [1.165, 1.54) is 0 Å². The van der Waals surface area contributed by atoms with Crippen molar-refractivity contribution in [1.29, 1.82) is 0 Å². The molecule has 2 aliphatic heterocycles. The molecule has 2 saturated heterocycles. The van der Waals surface area contributed by atoms with Crippen molar-refractivity contribution in [2.24, 2.45) is 11.7 Å². The van der Waals surface area contributed by atoms with Crippen LogP contribution in [0.1, 0.15) is 31.2 Å². The predicted molar refractivity (Wildman–Crippen MR) is 83.6 cm³/mol. The number of rotatable bonds is 2. The summed E-state index contributed by atoms with van der Waals surface area (Å²) in [6.45, 7) is 1.12. The number of alkyl halides is 3. The Labute approximate surface area is 143 Å². The molecule has 1 aromatic rings. The molecule has 2 N–H and O–H groups in total. The van der Waals surface area contributed by atoms with Crippen LogP contribution in [0.25, 0.3) is 0 Å². The zero-order chi connectivity index (χ0) is 17.8. The molecule has 1 saturated carbocycles. The average Bonchev–Trinajstić information content (AvgIpc) is 2.80. The molecule has 6 nitrogen and oxygen atoms in total. The quantitative estimate of drug-likeness (QED) is 0.868. The van der Waals surface area contributed by atoms with Crippen LogP contribution in [0, 0.1) is 5.92 Å². The van der Waals surface area contributed by atoms with Gasteiger partial charge in [-0.2, -0.15) is 13.2 Å². The van der Waals surface area contributed by atoms with Crippen molar-refractivity contribution in [2.45, 2.75) is 50.0 Å². The predicted octanol–water partition coefficient (Wildman–Crippen LogP) is 1.41. The van der Waals surface area contributed by atoms with Gasteiger partial charge in [-0.3, -0.25) is 4.79 Å². The molecule has 3 heterocycles. The van der Waals surface area contributed by atoms with Gasteiger partial charge in [0.2, 0.25) is 11.9 Å². The molecule has 0 aromatic carbocycles. The molecule has 25 heavy (non-hydrogen) atoms. The molecular formula is C16H20F3N5O. The zero-order valence-electron chi connectivity index (χ0n) is 13.6. The van der Waals surface area contributed by atoms with Crippen molar-refractivity contribution >= 4 is 11.9 Å². The number of carbonyl (C=O) groups excluding carboxylic acids is 1. The van der Waals surface area contributed by atoms with Gasteiger partial charge in [-0.1, -0.05) is 0 Å². The van der Waals surface area contributed by atoms with Crippen LogP contribution < -0.4 is 10.6 Å². The lowest BCUT2D eigenvalue weighted by Crippen LogP contribution is -2.59. The molecule has 0 unspecified atom stereocenters. The topological polar surface area (TPSA) is 75.4 Å². The second-order valence-corrected chi connectivity index (χ2v) is 7.23. The first-order valence-electron chi connectivity index (χ1n) is 8.55. The number of nitrogens with two attached hydrogens (primary N) is 1. The van der Waals surface area contributed by atoms with Crippen molar-refractivity contribution < 1.29 is 18.0 Å². The van der Waals surface area contributed by atoms with Gasteiger partial charge in [-0.15, -0.1) is 0 Å². The number of amides is 1. The average molecular weight is 355 g/mol. The van der Waals surface area contributed by atoms with Crippen LogP contribution in [0.4, 0.5) is 19.1 Å². The van der Waals surface area contributed by atoms with Gasteiger partial charge >= 0.3 is 6.18 Å². The van der Waals surface area contributed by atoms with Gasteiger partial charge in [-0.05, 0) is 25.7 Å². The number of carbonyl (C=O) groups is 1. The molecule has 2 atom stereocenters. The van der Waals surface area contributed by atoms with E-state index in [1.807, 2.05) is 9.80 Å². The summed E-state index contributed by atoms with van der Waals surface area (Å²) >= 11 is 0. The fraction of sp³-hybridized carbons (Fsp3) is 0.688. The van der Waals surface area contributed by atoms with Gasteiger partial charge in [-0.25, -0.2) is 9.97 Å². The largest absolute Gasteiger partial charge is 0.419 e. The number of hydrogen-bond acceptors (Lipinski definition) is 5. The Bertz CT molecular complexity index is 645. The zero-order valence-corrected chi connectivity index (χ0v) is 13.6. The number of nitrogens with zero attached hydrogens (tertiary/aromatic N) is 4. The van der Waals surface area contributed by atoms with Crippen LogP contribution in [0.2, 0.25) is 0 Å². The number of aromatic nitrogens is 2. The highest BCUT2D eigenvalue weighted by Crippen LogP contribution is 2.37. The number of piperazine rings is 1. The second kappa shape index (κ2) is 5.82. The van der Waals surface area contributed by atoms with Crippen molar-refractivity contribution in [3.63, 3.8) is 0 Å². The van der Waals surface area contributed by atoms with Crippen molar-refractivity contribution in [3.05, 3.63) is 18.0 Å². The third kappa shape index (κ3) is 2.94. The fourth-order valence-corrected chi connectivity index (χ4v) is 4.13. The summed E-state index contributed by atoms with van der Waals surface area (Å²) < 4.78 is 37.9. The van der Waals surface area contributed by atoms with Crippen molar-refractivity contribution in [3.8, 4) is 0 Å². The molecule has 2 bridgehead atoms. The monoisotopic (exact) mass is 355 g/mol. The van der Waals surface area contributed by atoms with Crippen LogP contribution in [-0.2, 0) is 11.0 Å². The normalized spacial score (nSPS) is 31.8. The molecule has 0 spiro atoms. The molecule has 9 heteroatoms. The van der Waals surface area contributed by atoms with Gasteiger partial charge in [0.05, 0.1) is 5.56 Å². The maximum Gasteiger partial charge on any atom is 0.419 e. The standard InChI is InChI=1S/C16H20F3N5O/c17-16(18,19)10-5-21-15(22-6-10)23-7-12-1-2-13(8-23)24(12)14(25)9-3-11(20)4-9/h5-6,9,11-13H,1-4,7-8,20H2/t9?,11?,12-,13-/m1/s1. The summed E-state index contributed by atoms with van der Waals surface area (Å²) in [5.74, 6) is 0.511. The van der Waals surface area contributed by atoms with E-state index in [-0.39, 0.29) is 30.0 Å². The first-order valence-corrected chi connectivity index (χ1v) is 8.55. The Morgan fingerprint density at radius 2 is 1.68 bits per heavy atom.